The Labute approximate surface area is 169 Å². The number of hydrogen-bond donors (Lipinski definition) is 6. The molecule has 1 aliphatic rings. The average molecular weight is 415 g/mol. The second kappa shape index (κ2) is 10.1. The van der Waals surface area contributed by atoms with E-state index in [1.807, 2.05) is 6.07 Å². The number of benzene rings is 1. The molecule has 28 heavy (non-hydrogen) atoms. The standard InChI is InChI=1S/C18H26N4O5.ClH/c1-9(2)15(22-18(26)27)17(25)19-10(3)16(24)21-12-5-4-11-6-13(8-23)20-14(11)7-12;/h4-5,7,9-10,13,15,20,22-23H,6,8H2,1-3H3,(H,19,25)(H,21,24)(H,26,27);1H. The van der Waals surface area contributed by atoms with Crippen molar-refractivity contribution in [3.8, 4) is 0 Å². The van der Waals surface area contributed by atoms with E-state index in [4.69, 9.17) is 5.11 Å². The third kappa shape index (κ3) is 6.00. The number of hydrogen-bond acceptors (Lipinski definition) is 5. The van der Waals surface area contributed by atoms with E-state index in [-0.39, 0.29) is 31.0 Å². The molecule has 3 amide bonds. The zero-order valence-electron chi connectivity index (χ0n) is 16.0. The summed E-state index contributed by atoms with van der Waals surface area (Å²) in [4.78, 5) is 35.4. The van der Waals surface area contributed by atoms with Gasteiger partial charge in [0.15, 0.2) is 0 Å². The molecule has 0 spiro atoms. The maximum atomic E-state index is 12.4. The second-order valence-electron chi connectivity index (χ2n) is 6.99. The van der Waals surface area contributed by atoms with Crippen molar-refractivity contribution >= 4 is 41.7 Å². The molecule has 1 aromatic carbocycles. The number of rotatable bonds is 7. The van der Waals surface area contributed by atoms with Crippen LogP contribution >= 0.6 is 12.4 Å². The molecule has 1 aliphatic heterocycles. The predicted molar refractivity (Wildman–Crippen MR) is 108 cm³/mol. The first-order valence-corrected chi connectivity index (χ1v) is 8.82. The van der Waals surface area contributed by atoms with Crippen LogP contribution in [0.25, 0.3) is 0 Å². The lowest BCUT2D eigenvalue weighted by Crippen LogP contribution is -2.53. The Balaban J connectivity index is 0.00000392. The minimum atomic E-state index is -1.30. The van der Waals surface area contributed by atoms with Gasteiger partial charge in [0.25, 0.3) is 0 Å². The summed E-state index contributed by atoms with van der Waals surface area (Å²) >= 11 is 0. The van der Waals surface area contributed by atoms with Gasteiger partial charge < -0.3 is 31.5 Å². The molecule has 6 N–H and O–H groups in total. The van der Waals surface area contributed by atoms with Crippen LogP contribution in [0.3, 0.4) is 0 Å². The van der Waals surface area contributed by atoms with Gasteiger partial charge in [-0.25, -0.2) is 4.79 Å². The van der Waals surface area contributed by atoms with Crippen molar-refractivity contribution in [2.24, 2.45) is 5.92 Å². The number of aliphatic hydroxyl groups excluding tert-OH is 1. The Bertz CT molecular complexity index is 728. The van der Waals surface area contributed by atoms with Gasteiger partial charge in [-0.3, -0.25) is 9.59 Å². The molecule has 0 bridgehead atoms. The van der Waals surface area contributed by atoms with Gasteiger partial charge in [-0.2, -0.15) is 0 Å². The summed E-state index contributed by atoms with van der Waals surface area (Å²) in [6.07, 6.45) is -0.576. The highest BCUT2D eigenvalue weighted by Gasteiger charge is 2.27. The van der Waals surface area contributed by atoms with E-state index < -0.39 is 30.0 Å². The van der Waals surface area contributed by atoms with E-state index in [0.29, 0.717) is 5.69 Å². The summed E-state index contributed by atoms with van der Waals surface area (Å²) in [7, 11) is 0. The molecule has 3 atom stereocenters. The predicted octanol–water partition coefficient (Wildman–Crippen LogP) is 1.17. The number of aliphatic hydroxyl groups is 1. The first kappa shape index (κ1) is 23.5. The highest BCUT2D eigenvalue weighted by atomic mass is 35.5. The zero-order chi connectivity index (χ0) is 20.1. The van der Waals surface area contributed by atoms with Gasteiger partial charge in [0.05, 0.1) is 12.6 Å². The summed E-state index contributed by atoms with van der Waals surface area (Å²) in [6, 6.07) is 3.59. The topological polar surface area (TPSA) is 140 Å². The van der Waals surface area contributed by atoms with Crippen LogP contribution < -0.4 is 21.3 Å². The fourth-order valence-electron chi connectivity index (χ4n) is 2.90. The van der Waals surface area contributed by atoms with E-state index in [1.165, 1.54) is 6.92 Å². The maximum absolute atomic E-state index is 12.4. The van der Waals surface area contributed by atoms with Crippen molar-refractivity contribution in [3.05, 3.63) is 23.8 Å². The largest absolute Gasteiger partial charge is 0.465 e. The first-order chi connectivity index (χ1) is 12.7. The van der Waals surface area contributed by atoms with Gasteiger partial charge >= 0.3 is 6.09 Å². The van der Waals surface area contributed by atoms with E-state index >= 15 is 0 Å². The molecule has 0 radical (unpaired) electrons. The number of nitrogens with one attached hydrogen (secondary N) is 4. The summed E-state index contributed by atoms with van der Waals surface area (Å²) in [5, 5.41) is 28.7. The molecular weight excluding hydrogens is 388 g/mol. The van der Waals surface area contributed by atoms with Crippen molar-refractivity contribution < 1.29 is 24.6 Å². The van der Waals surface area contributed by atoms with Crippen LogP contribution in [-0.2, 0) is 16.0 Å². The molecule has 1 aromatic rings. The molecule has 0 saturated carbocycles. The van der Waals surface area contributed by atoms with Crippen LogP contribution in [0.2, 0.25) is 0 Å². The summed E-state index contributed by atoms with van der Waals surface area (Å²) in [5.41, 5.74) is 2.48. The molecular formula is C18H27ClN4O5. The van der Waals surface area contributed by atoms with Crippen molar-refractivity contribution in [2.45, 2.75) is 45.3 Å². The Morgan fingerprint density at radius 2 is 1.86 bits per heavy atom. The SMILES string of the molecule is CC(NC(=O)C(NC(=O)O)C(C)C)C(=O)Nc1ccc2c(c1)NC(CO)C2.Cl. The third-order valence-electron chi connectivity index (χ3n) is 4.40. The molecule has 0 fully saturated rings. The Morgan fingerprint density at radius 3 is 2.43 bits per heavy atom. The normalized spacial score (nSPS) is 16.8. The number of amides is 3. The van der Waals surface area contributed by atoms with Gasteiger partial charge in [0, 0.05) is 11.4 Å². The minimum Gasteiger partial charge on any atom is -0.465 e. The van der Waals surface area contributed by atoms with Crippen molar-refractivity contribution in [1.29, 1.82) is 0 Å². The lowest BCUT2D eigenvalue weighted by molar-refractivity contribution is -0.128. The smallest absolute Gasteiger partial charge is 0.405 e. The summed E-state index contributed by atoms with van der Waals surface area (Å²) < 4.78 is 0. The minimum absolute atomic E-state index is 0. The Hall–Kier alpha value is -2.52. The second-order valence-corrected chi connectivity index (χ2v) is 6.99. The molecule has 3 unspecified atom stereocenters. The number of halogens is 1. The van der Waals surface area contributed by atoms with Crippen molar-refractivity contribution in [1.82, 2.24) is 10.6 Å². The molecule has 10 heteroatoms. The van der Waals surface area contributed by atoms with Crippen molar-refractivity contribution in [2.75, 3.05) is 17.2 Å². The fraction of sp³-hybridized carbons (Fsp3) is 0.500. The zero-order valence-corrected chi connectivity index (χ0v) is 16.8. The number of anilines is 2. The van der Waals surface area contributed by atoms with Crippen molar-refractivity contribution in [3.63, 3.8) is 0 Å². The van der Waals surface area contributed by atoms with Crippen LogP contribution in [0.15, 0.2) is 18.2 Å². The number of carboxylic acid groups (broad SMARTS) is 1. The highest BCUT2D eigenvalue weighted by Crippen LogP contribution is 2.28. The van der Waals surface area contributed by atoms with Gasteiger partial charge in [-0.05, 0) is 37.0 Å². The maximum Gasteiger partial charge on any atom is 0.405 e. The van der Waals surface area contributed by atoms with Crippen LogP contribution in [0.5, 0.6) is 0 Å². The van der Waals surface area contributed by atoms with Gasteiger partial charge in [0.1, 0.15) is 12.1 Å². The molecule has 0 aliphatic carbocycles. The lowest BCUT2D eigenvalue weighted by Gasteiger charge is -2.22. The van der Waals surface area contributed by atoms with Crippen LogP contribution in [0, 0.1) is 5.92 Å². The van der Waals surface area contributed by atoms with Crippen LogP contribution in [-0.4, -0.2) is 52.9 Å². The van der Waals surface area contributed by atoms with Gasteiger partial charge in [-0.1, -0.05) is 19.9 Å². The monoisotopic (exact) mass is 414 g/mol. The fourth-order valence-corrected chi connectivity index (χ4v) is 2.90. The lowest BCUT2D eigenvalue weighted by atomic mass is 10.0. The summed E-state index contributed by atoms with van der Waals surface area (Å²) in [6.45, 7) is 4.98. The highest BCUT2D eigenvalue weighted by molar-refractivity contribution is 5.98. The van der Waals surface area contributed by atoms with E-state index in [9.17, 15) is 19.5 Å². The molecule has 0 saturated heterocycles. The third-order valence-corrected chi connectivity index (χ3v) is 4.40. The molecule has 2 rings (SSSR count). The molecule has 0 aromatic heterocycles. The molecule has 1 heterocycles. The van der Waals surface area contributed by atoms with E-state index in [1.54, 1.807) is 26.0 Å². The molecule has 156 valence electrons. The number of carbonyl (C=O) groups is 3. The number of fused-ring (bicyclic) bond motifs is 1. The average Bonchev–Trinajstić information content (AvgIpc) is 3.01. The first-order valence-electron chi connectivity index (χ1n) is 8.82. The van der Waals surface area contributed by atoms with Gasteiger partial charge in [0.2, 0.25) is 11.8 Å². The Kier molecular flexibility index (Phi) is 8.52. The number of carbonyl (C=O) groups excluding carboxylic acids is 2. The summed E-state index contributed by atoms with van der Waals surface area (Å²) in [5.74, 6) is -1.24. The quantitative estimate of drug-likeness (QED) is 0.396. The Morgan fingerprint density at radius 1 is 1.18 bits per heavy atom. The van der Waals surface area contributed by atoms with Crippen LogP contribution in [0.1, 0.15) is 26.3 Å². The molecule has 9 nitrogen and oxygen atoms in total. The van der Waals surface area contributed by atoms with E-state index in [0.717, 1.165) is 17.7 Å². The van der Waals surface area contributed by atoms with E-state index in [2.05, 4.69) is 21.3 Å². The van der Waals surface area contributed by atoms with Crippen LogP contribution in [0.4, 0.5) is 16.2 Å². The van der Waals surface area contributed by atoms with Gasteiger partial charge in [-0.15, -0.1) is 12.4 Å².